The number of aliphatic hydroxyl groups is 18. The van der Waals surface area contributed by atoms with Gasteiger partial charge in [0.1, 0.15) is 117 Å². The van der Waals surface area contributed by atoms with Crippen molar-refractivity contribution < 1.29 is 168 Å². The Labute approximate surface area is 545 Å². The van der Waals surface area contributed by atoms with Crippen LogP contribution in [0.5, 0.6) is 0 Å². The fourth-order valence-corrected chi connectivity index (χ4v) is 14.4. The number of ether oxygens (including phenoxy) is 13. The molecule has 4 saturated carbocycles. The average Bonchev–Trinajstić information content (AvgIpc) is 0.776. The molecule has 0 aromatic rings. The second kappa shape index (κ2) is 34.1. The topological polar surface area (TPSA) is 536 Å². The van der Waals surface area contributed by atoms with Gasteiger partial charge in [-0.1, -0.05) is 12.2 Å². The highest BCUT2D eigenvalue weighted by atomic mass is 16.8. The number of fused-ring (bicyclic) bond motifs is 1. The van der Waals surface area contributed by atoms with Crippen molar-refractivity contribution in [1.82, 2.24) is 0 Å². The summed E-state index contributed by atoms with van der Waals surface area (Å²) in [6, 6.07) is 0. The number of carboxylic acid groups (broad SMARTS) is 1. The molecule has 18 N–H and O–H groups in total. The molecule has 34 heteroatoms. The second-order valence-corrected chi connectivity index (χ2v) is 26.4. The van der Waals surface area contributed by atoms with Crippen LogP contribution in [0, 0.1) is 23.7 Å². The quantitative estimate of drug-likeness (QED) is 0.0149. The zero-order valence-corrected chi connectivity index (χ0v) is 52.2. The van der Waals surface area contributed by atoms with Crippen molar-refractivity contribution >= 4 is 23.9 Å². The number of methoxy groups -OCH3 is 1. The van der Waals surface area contributed by atoms with Crippen LogP contribution in [-0.4, -0.2) is 333 Å². The average molecular weight is 1370 g/mol. The normalized spacial score (nSPS) is 46.8. The molecular formula is C61H95O34+. The van der Waals surface area contributed by atoms with E-state index in [1.165, 1.54) is 13.2 Å². The van der Waals surface area contributed by atoms with Gasteiger partial charge >= 0.3 is 23.9 Å². The lowest BCUT2D eigenvalue weighted by Gasteiger charge is -2.51. The lowest BCUT2D eigenvalue weighted by molar-refractivity contribution is -0.390. The summed E-state index contributed by atoms with van der Waals surface area (Å²) in [5.74, 6) is -6.52. The molecule has 0 bridgehead atoms. The summed E-state index contributed by atoms with van der Waals surface area (Å²) in [5, 5.41) is 183. The van der Waals surface area contributed by atoms with Gasteiger partial charge in [0.15, 0.2) is 43.5 Å². The minimum Gasteiger partial charge on any atom is -0.481 e. The molecule has 5 aliphatic heterocycles. The van der Waals surface area contributed by atoms with Gasteiger partial charge in [0, 0.05) is 38.0 Å². The molecule has 4 aliphatic carbocycles. The predicted octanol–water partition coefficient (Wildman–Crippen LogP) is -7.07. The van der Waals surface area contributed by atoms with E-state index >= 15 is 0 Å². The number of aliphatic hydroxyl groups excluding tert-OH is 16. The van der Waals surface area contributed by atoms with Crippen LogP contribution >= 0.6 is 0 Å². The van der Waals surface area contributed by atoms with Gasteiger partial charge in [0.05, 0.1) is 61.9 Å². The third kappa shape index (κ3) is 18.7. The Morgan fingerprint density at radius 3 is 1.66 bits per heavy atom. The van der Waals surface area contributed by atoms with Crippen molar-refractivity contribution in [2.75, 3.05) is 33.5 Å². The van der Waals surface area contributed by atoms with E-state index in [4.69, 9.17) is 66.7 Å². The van der Waals surface area contributed by atoms with E-state index in [0.29, 0.717) is 44.9 Å². The van der Waals surface area contributed by atoms with Crippen molar-refractivity contribution in [2.45, 2.75) is 274 Å². The van der Waals surface area contributed by atoms with E-state index < -0.39 is 252 Å². The molecule has 5 saturated heterocycles. The standard InChI is InChI=1S/C61H94O34/c1-83-35-14-25(4-10-31(35)66)6-13-43(71)94-56-51(79)46(74)38(21-63)91-61(56)95-57-52(80)48(76)40(22-84-42(70)12-5-24-2-8-28(9-3-24)86-58-53(81)49(77)45(73)37(20-62)90-58)93-60(57)89-36-18-29-33(87-55(36)26-7-11-30(65)32(67)15-26)16-27(64)17-34(29)88-59-54(82)50(78)47(75)39(92-59)23-85-44(72)19-41(68)69/h5-6,12-13,24-40,45-67,73-82H,2-4,7-11,14-23H2,1H3,(H,68,69)/p+1. The van der Waals surface area contributed by atoms with Gasteiger partial charge < -0.3 is 148 Å². The third-order valence-corrected chi connectivity index (χ3v) is 19.9. The molecule has 34 nitrogen and oxygen atoms in total. The number of aliphatic carboxylic acids is 1. The zero-order chi connectivity index (χ0) is 68.7. The van der Waals surface area contributed by atoms with Gasteiger partial charge in [0.25, 0.3) is 0 Å². The van der Waals surface area contributed by atoms with Crippen molar-refractivity contribution in [3.63, 3.8) is 0 Å². The Kier molecular flexibility index (Phi) is 27.1. The van der Waals surface area contributed by atoms with Crippen molar-refractivity contribution in [3.8, 4) is 0 Å². The van der Waals surface area contributed by atoms with Crippen LogP contribution in [0.2, 0.25) is 0 Å². The predicted molar refractivity (Wildman–Crippen MR) is 309 cm³/mol. The Morgan fingerprint density at radius 2 is 1.01 bits per heavy atom. The van der Waals surface area contributed by atoms with E-state index in [2.05, 4.69) is 0 Å². The first kappa shape index (κ1) is 75.5. The molecular weight excluding hydrogens is 1280 g/mol. The van der Waals surface area contributed by atoms with Gasteiger partial charge in [0.2, 0.25) is 0 Å². The van der Waals surface area contributed by atoms with Gasteiger partial charge in [-0.25, -0.2) is 9.59 Å². The molecule has 5 heterocycles. The van der Waals surface area contributed by atoms with Crippen LogP contribution in [0.15, 0.2) is 24.3 Å². The van der Waals surface area contributed by atoms with Gasteiger partial charge in [-0.15, -0.1) is 0 Å². The number of allylic oxidation sites excluding steroid dienone is 2. The molecule has 9 rings (SSSR count). The summed E-state index contributed by atoms with van der Waals surface area (Å²) in [4.78, 5) is 50.4. The fraction of sp³-hybridized carbons (Fsp3) is 0.869. The lowest BCUT2D eigenvalue weighted by atomic mass is 9.72. The van der Waals surface area contributed by atoms with Crippen LogP contribution in [0.4, 0.5) is 0 Å². The van der Waals surface area contributed by atoms with Crippen LogP contribution in [0.1, 0.15) is 89.9 Å². The first-order valence-electron chi connectivity index (χ1n) is 32.6. The van der Waals surface area contributed by atoms with Crippen LogP contribution in [0.3, 0.4) is 0 Å². The third-order valence-electron chi connectivity index (χ3n) is 19.9. The van der Waals surface area contributed by atoms with E-state index in [1.54, 1.807) is 6.08 Å². The van der Waals surface area contributed by atoms with Crippen LogP contribution in [0.25, 0.3) is 0 Å². The molecule has 0 aromatic carbocycles. The number of hydrogen-bond acceptors (Lipinski definition) is 32. The van der Waals surface area contributed by atoms with E-state index in [9.17, 15) is 101 Å². The highest BCUT2D eigenvalue weighted by Crippen LogP contribution is 2.45. The van der Waals surface area contributed by atoms with Gasteiger partial charge in [-0.05, 0) is 82.5 Å². The van der Waals surface area contributed by atoms with E-state index in [-0.39, 0.29) is 50.4 Å². The molecule has 0 aromatic heterocycles. The first-order chi connectivity index (χ1) is 45.2. The Bertz CT molecular complexity index is 2520. The SMILES string of the molecule is COC1CC(C=CC(=O)OC2C(OC3C(OC4CC5C(OC6OC(COC(=O)CC(=O)O)C(O)C(O)C6O)CC(O)CC5[OH+]C4C4CCC(O)C(O)C4)OC(COC(=O)C=CC4CCC(OC5OC(CO)C(O)C(O)C5O)CC4)C(O)C3O)OC(CO)C(O)C2O)CCC1O. The molecule has 0 amide bonds. The maximum absolute atomic E-state index is 13.6. The highest BCUT2D eigenvalue weighted by Gasteiger charge is 2.59. The largest absolute Gasteiger partial charge is 0.481 e. The van der Waals surface area contributed by atoms with Crippen molar-refractivity contribution in [1.29, 1.82) is 0 Å². The number of esters is 3. The number of carbonyl (C=O) groups is 4. The number of rotatable bonds is 23. The fourth-order valence-electron chi connectivity index (χ4n) is 14.4. The summed E-state index contributed by atoms with van der Waals surface area (Å²) < 4.78 is 76.0. The molecule has 0 spiro atoms. The highest BCUT2D eigenvalue weighted by molar-refractivity contribution is 5.90. The van der Waals surface area contributed by atoms with Gasteiger partial charge in [-0.2, -0.15) is 0 Å². The van der Waals surface area contributed by atoms with Crippen molar-refractivity contribution in [2.24, 2.45) is 23.7 Å². The van der Waals surface area contributed by atoms with Gasteiger partial charge in [-0.3, -0.25) is 9.59 Å². The first-order valence-corrected chi connectivity index (χ1v) is 32.6. The maximum Gasteiger partial charge on any atom is 0.330 e. The number of hydrogen-bond donors (Lipinski definition) is 17. The molecule has 32 unspecified atom stereocenters. The second-order valence-electron chi connectivity index (χ2n) is 26.4. The summed E-state index contributed by atoms with van der Waals surface area (Å²) in [6.45, 7) is -3.10. The minimum absolute atomic E-state index is 0.0259. The molecule has 0 radical (unpaired) electrons. The van der Waals surface area contributed by atoms with Crippen molar-refractivity contribution in [3.05, 3.63) is 24.3 Å². The molecule has 9 fully saturated rings. The Hall–Kier alpha value is -3.68. The summed E-state index contributed by atoms with van der Waals surface area (Å²) in [5.41, 5.74) is 0. The summed E-state index contributed by atoms with van der Waals surface area (Å²) in [7, 11) is 1.44. The van der Waals surface area contributed by atoms with E-state index in [1.807, 2.05) is 0 Å². The Balaban J connectivity index is 0.961. The molecule has 542 valence electrons. The maximum atomic E-state index is 13.6. The molecule has 9 aliphatic rings. The summed E-state index contributed by atoms with van der Waals surface area (Å²) >= 11 is 0. The van der Waals surface area contributed by atoms with Crippen LogP contribution < -0.4 is 0 Å². The minimum atomic E-state index is -2.12. The Morgan fingerprint density at radius 1 is 0.474 bits per heavy atom. The van der Waals surface area contributed by atoms with E-state index in [0.717, 1.165) is 12.2 Å². The monoisotopic (exact) mass is 1370 g/mol. The molecule has 32 atom stereocenters. The smallest absolute Gasteiger partial charge is 0.330 e. The number of carbonyl (C=O) groups excluding carboxylic acids is 3. The lowest BCUT2D eigenvalue weighted by Crippen LogP contribution is -2.66. The molecule has 95 heavy (non-hydrogen) atoms. The van der Waals surface area contributed by atoms with Crippen LogP contribution in [-0.2, 0) is 76.0 Å². The summed E-state index contributed by atoms with van der Waals surface area (Å²) in [6.07, 6.45) is -37.5. The zero-order valence-electron chi connectivity index (χ0n) is 52.2. The number of carboxylic acids is 1.